The largest absolute Gasteiger partial charge is 0.390 e. The molecule has 2 fully saturated rings. The molecule has 2 heterocycles. The molecule has 82 valence electrons. The van der Waals surface area contributed by atoms with Gasteiger partial charge in [-0.05, 0) is 0 Å². The molecule has 0 saturated carbocycles. The highest BCUT2D eigenvalue weighted by Crippen LogP contribution is 2.20. The standard InChI is InChI=1S/C7H14N2O4S/c10-6-4-14(12,13)3-5(6)9-2-1-8-7(9)11/h5-8,10-11H,1-4H2/t5-,6+,7-/m1/s1. The van der Waals surface area contributed by atoms with E-state index >= 15 is 0 Å². The molecule has 2 aliphatic heterocycles. The molecule has 0 aromatic heterocycles. The second-order valence-corrected chi connectivity index (χ2v) is 5.93. The van der Waals surface area contributed by atoms with Gasteiger partial charge in [0.05, 0.1) is 23.7 Å². The molecule has 0 aromatic rings. The van der Waals surface area contributed by atoms with Crippen molar-refractivity contribution in [3.05, 3.63) is 0 Å². The van der Waals surface area contributed by atoms with Gasteiger partial charge in [0.15, 0.2) is 16.2 Å². The summed E-state index contributed by atoms with van der Waals surface area (Å²) in [6, 6.07) is -0.468. The number of hydrogen-bond donors (Lipinski definition) is 3. The third-order valence-corrected chi connectivity index (χ3v) is 4.43. The van der Waals surface area contributed by atoms with Crippen molar-refractivity contribution in [3.8, 4) is 0 Å². The minimum absolute atomic E-state index is 0.0626. The Morgan fingerprint density at radius 1 is 1.29 bits per heavy atom. The number of sulfone groups is 1. The summed E-state index contributed by atoms with van der Waals surface area (Å²) in [5.41, 5.74) is 0. The first kappa shape index (κ1) is 10.3. The van der Waals surface area contributed by atoms with Gasteiger partial charge in [0.2, 0.25) is 0 Å². The van der Waals surface area contributed by atoms with E-state index in [2.05, 4.69) is 5.32 Å². The van der Waals surface area contributed by atoms with E-state index in [1.165, 1.54) is 0 Å². The average molecular weight is 222 g/mol. The third-order valence-electron chi connectivity index (χ3n) is 2.73. The number of nitrogens with one attached hydrogen (secondary N) is 1. The highest BCUT2D eigenvalue weighted by Gasteiger charge is 2.43. The highest BCUT2D eigenvalue weighted by atomic mass is 32.2. The van der Waals surface area contributed by atoms with Crippen molar-refractivity contribution in [3.63, 3.8) is 0 Å². The summed E-state index contributed by atoms with van der Waals surface area (Å²) in [6.45, 7) is 1.18. The van der Waals surface area contributed by atoms with Crippen molar-refractivity contribution in [2.75, 3.05) is 24.6 Å². The Morgan fingerprint density at radius 2 is 2.00 bits per heavy atom. The molecule has 7 heteroatoms. The van der Waals surface area contributed by atoms with E-state index in [9.17, 15) is 18.6 Å². The van der Waals surface area contributed by atoms with E-state index < -0.39 is 28.3 Å². The monoisotopic (exact) mass is 222 g/mol. The molecule has 0 aliphatic carbocycles. The SMILES string of the molecule is O=S1(=O)C[C@@H](N2CCN[C@H]2O)[C@@H](O)C1. The van der Waals surface area contributed by atoms with E-state index in [0.717, 1.165) is 0 Å². The Kier molecular flexibility index (Phi) is 2.52. The normalized spacial score (nSPS) is 43.1. The zero-order chi connectivity index (χ0) is 10.3. The van der Waals surface area contributed by atoms with Gasteiger partial charge in [-0.25, -0.2) is 8.42 Å². The van der Waals surface area contributed by atoms with Crippen LogP contribution in [0.4, 0.5) is 0 Å². The molecule has 2 rings (SSSR count). The lowest BCUT2D eigenvalue weighted by Gasteiger charge is -2.27. The maximum atomic E-state index is 11.2. The summed E-state index contributed by atoms with van der Waals surface area (Å²) < 4.78 is 22.5. The number of aliphatic hydroxyl groups excluding tert-OH is 2. The van der Waals surface area contributed by atoms with E-state index in [1.54, 1.807) is 4.90 Å². The molecule has 0 aromatic carbocycles. The van der Waals surface area contributed by atoms with Crippen LogP contribution in [0.25, 0.3) is 0 Å². The predicted molar refractivity (Wildman–Crippen MR) is 49.2 cm³/mol. The van der Waals surface area contributed by atoms with Crippen LogP contribution in [0.5, 0.6) is 0 Å². The lowest BCUT2D eigenvalue weighted by Crippen LogP contribution is -2.48. The van der Waals surface area contributed by atoms with E-state index in [-0.39, 0.29) is 11.5 Å². The van der Waals surface area contributed by atoms with E-state index in [1.807, 2.05) is 0 Å². The molecule has 6 nitrogen and oxygen atoms in total. The zero-order valence-corrected chi connectivity index (χ0v) is 8.44. The van der Waals surface area contributed by atoms with Crippen molar-refractivity contribution in [2.45, 2.75) is 18.5 Å². The molecule has 0 amide bonds. The number of hydrogen-bond acceptors (Lipinski definition) is 6. The highest BCUT2D eigenvalue weighted by molar-refractivity contribution is 7.91. The quantitative estimate of drug-likeness (QED) is 0.448. The van der Waals surface area contributed by atoms with Gasteiger partial charge in [-0.1, -0.05) is 0 Å². The third kappa shape index (κ3) is 1.78. The van der Waals surface area contributed by atoms with Crippen LogP contribution in [-0.4, -0.2) is 66.6 Å². The number of nitrogens with zero attached hydrogens (tertiary/aromatic N) is 1. The Morgan fingerprint density at radius 3 is 2.43 bits per heavy atom. The van der Waals surface area contributed by atoms with Crippen molar-refractivity contribution in [1.29, 1.82) is 0 Å². The lowest BCUT2D eigenvalue weighted by molar-refractivity contribution is -0.0294. The van der Waals surface area contributed by atoms with Crippen molar-refractivity contribution in [1.82, 2.24) is 10.2 Å². The van der Waals surface area contributed by atoms with Crippen molar-refractivity contribution in [2.24, 2.45) is 0 Å². The first-order valence-corrected chi connectivity index (χ1v) is 6.37. The van der Waals surface area contributed by atoms with Gasteiger partial charge in [-0.3, -0.25) is 10.2 Å². The maximum Gasteiger partial charge on any atom is 0.163 e. The molecular formula is C7H14N2O4S. The predicted octanol–water partition coefficient (Wildman–Crippen LogP) is -2.67. The first-order chi connectivity index (χ1) is 6.49. The summed E-state index contributed by atoms with van der Waals surface area (Å²) in [5, 5.41) is 21.8. The Hall–Kier alpha value is -0.210. The fraction of sp³-hybridized carbons (Fsp3) is 1.00. The second kappa shape index (κ2) is 3.42. The van der Waals surface area contributed by atoms with Gasteiger partial charge < -0.3 is 10.2 Å². The number of aliphatic hydroxyl groups is 2. The molecule has 2 saturated heterocycles. The second-order valence-electron chi connectivity index (χ2n) is 3.78. The van der Waals surface area contributed by atoms with Gasteiger partial charge in [-0.15, -0.1) is 0 Å². The number of rotatable bonds is 1. The Balaban J connectivity index is 2.12. The summed E-state index contributed by atoms with van der Waals surface area (Å²) >= 11 is 0. The smallest absolute Gasteiger partial charge is 0.163 e. The lowest BCUT2D eigenvalue weighted by atomic mass is 10.2. The minimum atomic E-state index is -3.14. The van der Waals surface area contributed by atoms with Gasteiger partial charge in [0.25, 0.3) is 0 Å². The molecule has 3 atom stereocenters. The van der Waals surface area contributed by atoms with Crippen LogP contribution in [0, 0.1) is 0 Å². The van der Waals surface area contributed by atoms with Crippen molar-refractivity contribution >= 4 is 9.84 Å². The van der Waals surface area contributed by atoms with Gasteiger partial charge in [0.1, 0.15) is 0 Å². The summed E-state index contributed by atoms with van der Waals surface area (Å²) in [6.07, 6.45) is -1.71. The van der Waals surface area contributed by atoms with Crippen LogP contribution >= 0.6 is 0 Å². The molecule has 0 spiro atoms. The van der Waals surface area contributed by atoms with Gasteiger partial charge in [-0.2, -0.15) is 0 Å². The molecule has 0 bridgehead atoms. The van der Waals surface area contributed by atoms with Crippen LogP contribution in [0.2, 0.25) is 0 Å². The topological polar surface area (TPSA) is 89.9 Å². The molecular weight excluding hydrogens is 208 g/mol. The average Bonchev–Trinajstić information content (AvgIpc) is 2.55. The maximum absolute atomic E-state index is 11.2. The van der Waals surface area contributed by atoms with Crippen LogP contribution in [0.1, 0.15) is 0 Å². The molecule has 14 heavy (non-hydrogen) atoms. The minimum Gasteiger partial charge on any atom is -0.390 e. The van der Waals surface area contributed by atoms with Gasteiger partial charge in [0, 0.05) is 13.1 Å². The molecule has 2 aliphatic rings. The van der Waals surface area contributed by atoms with Gasteiger partial charge >= 0.3 is 0 Å². The van der Waals surface area contributed by atoms with Crippen LogP contribution in [-0.2, 0) is 9.84 Å². The molecule has 3 N–H and O–H groups in total. The Labute approximate surface area is 82.4 Å². The summed E-state index contributed by atoms with van der Waals surface area (Å²) in [7, 11) is -3.14. The van der Waals surface area contributed by atoms with Crippen LogP contribution in [0.3, 0.4) is 0 Å². The van der Waals surface area contributed by atoms with E-state index in [0.29, 0.717) is 13.1 Å². The van der Waals surface area contributed by atoms with E-state index in [4.69, 9.17) is 0 Å². The summed E-state index contributed by atoms with van der Waals surface area (Å²) in [4.78, 5) is 1.59. The molecule has 0 unspecified atom stereocenters. The fourth-order valence-electron chi connectivity index (χ4n) is 2.04. The van der Waals surface area contributed by atoms with Crippen LogP contribution in [0.15, 0.2) is 0 Å². The van der Waals surface area contributed by atoms with Crippen LogP contribution < -0.4 is 5.32 Å². The fourth-order valence-corrected chi connectivity index (χ4v) is 3.85. The van der Waals surface area contributed by atoms with Crippen molar-refractivity contribution < 1.29 is 18.6 Å². The summed E-state index contributed by atoms with van der Waals surface area (Å²) in [5.74, 6) is -0.256. The zero-order valence-electron chi connectivity index (χ0n) is 7.63. The molecule has 0 radical (unpaired) electrons. The Bertz CT molecular complexity index is 318. The first-order valence-electron chi connectivity index (χ1n) is 4.55.